The van der Waals surface area contributed by atoms with Crippen molar-refractivity contribution in [3.63, 3.8) is 0 Å². The molecule has 0 amide bonds. The Labute approximate surface area is 207 Å². The Hall–Kier alpha value is -1.91. The molecule has 176 valence electrons. The Morgan fingerprint density at radius 1 is 1.09 bits per heavy atom. The second-order valence-electron chi connectivity index (χ2n) is 7.40. The van der Waals surface area contributed by atoms with E-state index in [-0.39, 0.29) is 35.5 Å². The highest BCUT2D eigenvalue weighted by atomic mass is 127. The summed E-state index contributed by atoms with van der Waals surface area (Å²) in [5, 5.41) is 6.67. The molecule has 1 aliphatic rings. The zero-order valence-corrected chi connectivity index (χ0v) is 21.2. The van der Waals surface area contributed by atoms with Gasteiger partial charge in [-0.2, -0.15) is 0 Å². The first kappa shape index (κ1) is 26.3. The highest BCUT2D eigenvalue weighted by molar-refractivity contribution is 14.0. The van der Waals surface area contributed by atoms with Crippen molar-refractivity contribution in [2.24, 2.45) is 4.99 Å². The maximum absolute atomic E-state index is 14.1. The van der Waals surface area contributed by atoms with Gasteiger partial charge in [-0.15, -0.1) is 24.0 Å². The van der Waals surface area contributed by atoms with Crippen molar-refractivity contribution in [1.29, 1.82) is 0 Å². The van der Waals surface area contributed by atoms with Gasteiger partial charge in [-0.1, -0.05) is 30.3 Å². The van der Waals surface area contributed by atoms with Gasteiger partial charge in [0.2, 0.25) is 0 Å². The number of aliphatic imine (C=N–C) groups is 1. The maximum atomic E-state index is 14.1. The van der Waals surface area contributed by atoms with E-state index in [9.17, 15) is 4.39 Å². The van der Waals surface area contributed by atoms with Crippen LogP contribution in [0.5, 0.6) is 5.75 Å². The van der Waals surface area contributed by atoms with Crippen LogP contribution in [0.3, 0.4) is 0 Å². The molecule has 1 aliphatic heterocycles. The van der Waals surface area contributed by atoms with Crippen LogP contribution >= 0.6 is 24.0 Å². The van der Waals surface area contributed by atoms with Crippen LogP contribution < -0.4 is 15.4 Å². The van der Waals surface area contributed by atoms with Gasteiger partial charge in [-0.05, 0) is 42.7 Å². The Morgan fingerprint density at radius 2 is 1.84 bits per heavy atom. The number of nitrogens with zero attached hydrogens (tertiary/aromatic N) is 2. The van der Waals surface area contributed by atoms with Gasteiger partial charge in [-0.25, -0.2) is 9.38 Å². The molecule has 0 saturated carbocycles. The van der Waals surface area contributed by atoms with Crippen LogP contribution in [-0.2, 0) is 24.4 Å². The number of ether oxygens (including phenoxy) is 2. The molecule has 0 radical (unpaired) electrons. The lowest BCUT2D eigenvalue weighted by Gasteiger charge is -2.27. The summed E-state index contributed by atoms with van der Waals surface area (Å²) in [4.78, 5) is 7.04. The first-order chi connectivity index (χ1) is 15.2. The third kappa shape index (κ3) is 8.22. The molecule has 32 heavy (non-hydrogen) atoms. The number of guanidine groups is 1. The first-order valence-corrected chi connectivity index (χ1v) is 11.0. The summed E-state index contributed by atoms with van der Waals surface area (Å²) in [6.45, 7) is 10.5. The van der Waals surface area contributed by atoms with Crippen molar-refractivity contribution in [3.8, 4) is 5.75 Å². The molecule has 2 aromatic rings. The van der Waals surface area contributed by atoms with Gasteiger partial charge >= 0.3 is 0 Å². The quantitative estimate of drug-likeness (QED) is 0.279. The summed E-state index contributed by atoms with van der Waals surface area (Å²) in [5.74, 6) is 0.625. The number of hydrogen-bond donors (Lipinski definition) is 2. The van der Waals surface area contributed by atoms with Gasteiger partial charge in [0.1, 0.15) is 0 Å². The Morgan fingerprint density at radius 3 is 2.53 bits per heavy atom. The lowest BCUT2D eigenvalue weighted by Crippen LogP contribution is -2.38. The summed E-state index contributed by atoms with van der Waals surface area (Å²) < 4.78 is 24.8. The summed E-state index contributed by atoms with van der Waals surface area (Å²) in [6.07, 6.45) is 0. The fraction of sp³-hybridized carbons (Fsp3) is 0.458. The van der Waals surface area contributed by atoms with E-state index in [1.54, 1.807) is 6.07 Å². The number of halogens is 2. The van der Waals surface area contributed by atoms with Crippen molar-refractivity contribution < 1.29 is 13.9 Å². The van der Waals surface area contributed by atoms with Crippen molar-refractivity contribution in [1.82, 2.24) is 15.5 Å². The third-order valence-corrected chi connectivity index (χ3v) is 5.12. The van der Waals surface area contributed by atoms with Crippen molar-refractivity contribution in [2.45, 2.75) is 33.5 Å². The predicted molar refractivity (Wildman–Crippen MR) is 137 cm³/mol. The van der Waals surface area contributed by atoms with Gasteiger partial charge in [-0.3, -0.25) is 4.90 Å². The molecular formula is C24H34FIN4O2. The molecule has 1 heterocycles. The van der Waals surface area contributed by atoms with E-state index in [4.69, 9.17) is 9.47 Å². The molecule has 8 heteroatoms. The molecule has 0 spiro atoms. The molecule has 0 unspecified atom stereocenters. The number of morpholine rings is 1. The summed E-state index contributed by atoms with van der Waals surface area (Å²) >= 11 is 0. The van der Waals surface area contributed by atoms with E-state index in [2.05, 4.69) is 44.8 Å². The van der Waals surface area contributed by atoms with E-state index in [1.807, 2.05) is 19.9 Å². The van der Waals surface area contributed by atoms with E-state index in [0.717, 1.165) is 45.0 Å². The number of hydrogen-bond acceptors (Lipinski definition) is 4. The molecule has 1 fully saturated rings. The normalized spacial score (nSPS) is 14.5. The summed E-state index contributed by atoms with van der Waals surface area (Å²) in [7, 11) is 0. The van der Waals surface area contributed by atoms with Crippen molar-refractivity contribution in [3.05, 3.63) is 65.0 Å². The predicted octanol–water partition coefficient (Wildman–Crippen LogP) is 3.93. The van der Waals surface area contributed by atoms with E-state index in [1.165, 1.54) is 17.2 Å². The number of nitrogens with one attached hydrogen (secondary N) is 2. The molecule has 2 aromatic carbocycles. The summed E-state index contributed by atoms with van der Waals surface area (Å²) in [5.41, 5.74) is 3.35. The highest BCUT2D eigenvalue weighted by Crippen LogP contribution is 2.19. The van der Waals surface area contributed by atoms with Gasteiger partial charge in [0, 0.05) is 32.7 Å². The second-order valence-corrected chi connectivity index (χ2v) is 7.40. The molecule has 3 rings (SSSR count). The molecule has 0 bridgehead atoms. The van der Waals surface area contributed by atoms with Crippen LogP contribution in [0.4, 0.5) is 4.39 Å². The zero-order chi connectivity index (χ0) is 21.9. The fourth-order valence-electron chi connectivity index (χ4n) is 3.49. The van der Waals surface area contributed by atoms with E-state index < -0.39 is 0 Å². The van der Waals surface area contributed by atoms with E-state index >= 15 is 0 Å². The van der Waals surface area contributed by atoms with Gasteiger partial charge < -0.3 is 20.1 Å². The Bertz CT molecular complexity index is 860. The van der Waals surface area contributed by atoms with Crippen LogP contribution in [0.1, 0.15) is 30.5 Å². The maximum Gasteiger partial charge on any atom is 0.191 e. The molecule has 1 saturated heterocycles. The summed E-state index contributed by atoms with van der Waals surface area (Å²) in [6, 6.07) is 13.5. The lowest BCUT2D eigenvalue weighted by molar-refractivity contribution is 0.0341. The monoisotopic (exact) mass is 556 g/mol. The van der Waals surface area contributed by atoms with Gasteiger partial charge in [0.25, 0.3) is 0 Å². The SMILES string of the molecule is CCNC(=NCc1ccc(OCC)c(F)c1)NCc1ccccc1CN1CCOCC1.I. The van der Waals surface area contributed by atoms with Crippen LogP contribution in [0, 0.1) is 5.82 Å². The Kier molecular flexibility index (Phi) is 11.8. The number of rotatable bonds is 9. The highest BCUT2D eigenvalue weighted by Gasteiger charge is 2.13. The third-order valence-electron chi connectivity index (χ3n) is 5.12. The molecule has 0 atom stereocenters. The average molecular weight is 556 g/mol. The topological polar surface area (TPSA) is 58.1 Å². The average Bonchev–Trinajstić information content (AvgIpc) is 2.79. The van der Waals surface area contributed by atoms with Crippen molar-refractivity contribution >= 4 is 29.9 Å². The molecule has 0 aromatic heterocycles. The standard InChI is InChI=1S/C24H33FN4O2.HI/c1-3-26-24(27-16-19-9-10-23(31-4-2)22(25)15-19)28-17-20-7-5-6-8-21(20)18-29-11-13-30-14-12-29;/h5-10,15H,3-4,11-14,16-18H2,1-2H3,(H2,26,27,28);1H. The smallest absolute Gasteiger partial charge is 0.191 e. The Balaban J connectivity index is 0.00000363. The minimum Gasteiger partial charge on any atom is -0.491 e. The van der Waals surface area contributed by atoms with Crippen LogP contribution in [0.2, 0.25) is 0 Å². The zero-order valence-electron chi connectivity index (χ0n) is 18.9. The van der Waals surface area contributed by atoms with Gasteiger partial charge in [0.05, 0.1) is 26.4 Å². The minimum atomic E-state index is -0.357. The van der Waals surface area contributed by atoms with E-state index in [0.29, 0.717) is 25.7 Å². The molecule has 6 nitrogen and oxygen atoms in total. The fourth-order valence-corrected chi connectivity index (χ4v) is 3.49. The molecule has 0 aliphatic carbocycles. The van der Waals surface area contributed by atoms with Crippen LogP contribution in [0.15, 0.2) is 47.5 Å². The minimum absolute atomic E-state index is 0. The van der Waals surface area contributed by atoms with Crippen molar-refractivity contribution in [2.75, 3.05) is 39.5 Å². The van der Waals surface area contributed by atoms with Crippen LogP contribution in [-0.4, -0.2) is 50.3 Å². The molecule has 2 N–H and O–H groups in total. The number of benzene rings is 2. The van der Waals surface area contributed by atoms with Gasteiger partial charge in [0.15, 0.2) is 17.5 Å². The largest absolute Gasteiger partial charge is 0.491 e. The lowest BCUT2D eigenvalue weighted by atomic mass is 10.1. The second kappa shape index (κ2) is 14.3. The van der Waals surface area contributed by atoms with Crippen LogP contribution in [0.25, 0.3) is 0 Å². The molecular weight excluding hydrogens is 522 g/mol. The first-order valence-electron chi connectivity index (χ1n) is 11.0.